The van der Waals surface area contributed by atoms with Crippen LogP contribution >= 0.6 is 0 Å². The molecule has 2 heterocycles. The summed E-state index contributed by atoms with van der Waals surface area (Å²) >= 11 is 0. The van der Waals surface area contributed by atoms with Gasteiger partial charge in [0.05, 0.1) is 12.7 Å². The number of rotatable bonds is 5. The summed E-state index contributed by atoms with van der Waals surface area (Å²) < 4.78 is 5.88. The van der Waals surface area contributed by atoms with Crippen molar-refractivity contribution in [1.29, 1.82) is 0 Å². The molecule has 0 aromatic carbocycles. The van der Waals surface area contributed by atoms with Gasteiger partial charge in [-0.15, -0.1) is 0 Å². The highest BCUT2D eigenvalue weighted by atomic mass is 16.5. The van der Waals surface area contributed by atoms with Crippen LogP contribution in [0.25, 0.3) is 0 Å². The molecule has 1 spiro atoms. The van der Waals surface area contributed by atoms with Crippen molar-refractivity contribution in [1.82, 2.24) is 4.90 Å². The van der Waals surface area contributed by atoms with Gasteiger partial charge in [-0.05, 0) is 45.6 Å². The zero-order chi connectivity index (χ0) is 12.3. The zero-order valence-electron chi connectivity index (χ0n) is 11.9. The maximum absolute atomic E-state index is 5.88. The molecule has 0 aliphatic carbocycles. The Balaban J connectivity index is 2.02. The van der Waals surface area contributed by atoms with E-state index in [1.54, 1.807) is 0 Å². The molecule has 100 valence electrons. The molecule has 0 aromatic rings. The van der Waals surface area contributed by atoms with Crippen molar-refractivity contribution in [3.63, 3.8) is 0 Å². The van der Waals surface area contributed by atoms with Crippen molar-refractivity contribution in [2.75, 3.05) is 13.2 Å². The van der Waals surface area contributed by atoms with Gasteiger partial charge >= 0.3 is 0 Å². The molecule has 0 bridgehead atoms. The van der Waals surface area contributed by atoms with Crippen LogP contribution in [-0.2, 0) is 4.74 Å². The second-order valence-corrected chi connectivity index (χ2v) is 6.05. The maximum atomic E-state index is 5.88. The Bertz CT molecular complexity index is 243. The van der Waals surface area contributed by atoms with E-state index in [2.05, 4.69) is 25.7 Å². The fourth-order valence-corrected chi connectivity index (χ4v) is 3.87. The lowest BCUT2D eigenvalue weighted by molar-refractivity contribution is 0.0531. The first kappa shape index (κ1) is 13.4. The Kier molecular flexibility index (Phi) is 4.48. The van der Waals surface area contributed by atoms with Crippen LogP contribution in [0.15, 0.2) is 0 Å². The predicted molar refractivity (Wildman–Crippen MR) is 72.3 cm³/mol. The van der Waals surface area contributed by atoms with Gasteiger partial charge in [-0.25, -0.2) is 0 Å². The molecule has 2 aliphatic rings. The van der Waals surface area contributed by atoms with E-state index in [1.807, 2.05) is 0 Å². The molecule has 17 heavy (non-hydrogen) atoms. The first-order chi connectivity index (χ1) is 8.22. The fourth-order valence-electron chi connectivity index (χ4n) is 3.87. The summed E-state index contributed by atoms with van der Waals surface area (Å²) in [5, 5.41) is 0. The van der Waals surface area contributed by atoms with Crippen LogP contribution in [0.4, 0.5) is 0 Å². The summed E-state index contributed by atoms with van der Waals surface area (Å²) in [4.78, 5) is 2.81. The van der Waals surface area contributed by atoms with Crippen LogP contribution in [0, 0.1) is 0 Å². The average molecular weight is 239 g/mol. The first-order valence-electron chi connectivity index (χ1n) is 7.60. The molecule has 2 nitrogen and oxygen atoms in total. The Morgan fingerprint density at radius 3 is 2.82 bits per heavy atom. The lowest BCUT2D eigenvalue weighted by atomic mass is 9.90. The topological polar surface area (TPSA) is 12.5 Å². The van der Waals surface area contributed by atoms with Gasteiger partial charge in [-0.3, -0.25) is 4.90 Å². The van der Waals surface area contributed by atoms with Gasteiger partial charge in [0.1, 0.15) is 0 Å². The van der Waals surface area contributed by atoms with E-state index in [0.717, 1.165) is 12.6 Å². The Labute approximate surface area is 107 Å². The van der Waals surface area contributed by atoms with E-state index < -0.39 is 0 Å². The third-order valence-electron chi connectivity index (χ3n) is 4.76. The van der Waals surface area contributed by atoms with Gasteiger partial charge < -0.3 is 4.74 Å². The van der Waals surface area contributed by atoms with E-state index >= 15 is 0 Å². The molecule has 0 N–H and O–H groups in total. The van der Waals surface area contributed by atoms with Gasteiger partial charge in [0.25, 0.3) is 0 Å². The van der Waals surface area contributed by atoms with E-state index in [9.17, 15) is 0 Å². The lowest BCUT2D eigenvalue weighted by Crippen LogP contribution is -2.50. The smallest absolute Gasteiger partial charge is 0.0655 e. The molecule has 2 fully saturated rings. The molecule has 2 saturated heterocycles. The maximum Gasteiger partial charge on any atom is 0.0655 e. The highest BCUT2D eigenvalue weighted by molar-refractivity contribution is 5.02. The fraction of sp³-hybridized carbons (Fsp3) is 1.00. The predicted octanol–water partition coefficient (Wildman–Crippen LogP) is 3.60. The molecular formula is C15H29NO. The molecule has 0 radical (unpaired) electrons. The third-order valence-corrected chi connectivity index (χ3v) is 4.76. The van der Waals surface area contributed by atoms with Crippen molar-refractivity contribution in [2.24, 2.45) is 0 Å². The number of unbranched alkanes of at least 4 members (excludes halogenated alkanes) is 1. The molecular weight excluding hydrogens is 210 g/mol. The van der Waals surface area contributed by atoms with Crippen LogP contribution in [0.3, 0.4) is 0 Å². The van der Waals surface area contributed by atoms with Crippen LogP contribution in [0.5, 0.6) is 0 Å². The highest BCUT2D eigenvalue weighted by Crippen LogP contribution is 2.41. The van der Waals surface area contributed by atoms with Crippen molar-refractivity contribution in [3.05, 3.63) is 0 Å². The summed E-state index contributed by atoms with van der Waals surface area (Å²) in [6.45, 7) is 9.17. The van der Waals surface area contributed by atoms with Crippen LogP contribution in [-0.4, -0.2) is 35.7 Å². The molecule has 0 aromatic heterocycles. The number of hydrogen-bond donors (Lipinski definition) is 0. The van der Waals surface area contributed by atoms with Crippen LogP contribution in [0.2, 0.25) is 0 Å². The monoisotopic (exact) mass is 239 g/mol. The Hall–Kier alpha value is -0.0800. The molecule has 3 unspecified atom stereocenters. The van der Waals surface area contributed by atoms with E-state index in [-0.39, 0.29) is 0 Å². The van der Waals surface area contributed by atoms with E-state index in [0.29, 0.717) is 11.6 Å². The van der Waals surface area contributed by atoms with Crippen LogP contribution < -0.4 is 0 Å². The largest absolute Gasteiger partial charge is 0.377 e. The first-order valence-corrected chi connectivity index (χ1v) is 7.60. The normalized spacial score (nSPS) is 35.8. The standard InChI is InChI=1S/C15H29NO/c1-4-6-8-14(5-2)16-10-7-9-15(16)11-13(3)17-12-15/h13-14H,4-12H2,1-3H3. The summed E-state index contributed by atoms with van der Waals surface area (Å²) in [7, 11) is 0. The second kappa shape index (κ2) is 5.71. The van der Waals surface area contributed by atoms with Crippen LogP contribution in [0.1, 0.15) is 65.7 Å². The molecule has 2 heteroatoms. The number of nitrogens with zero attached hydrogens (tertiary/aromatic N) is 1. The summed E-state index contributed by atoms with van der Waals surface area (Å²) in [6.07, 6.45) is 9.85. The van der Waals surface area contributed by atoms with Crippen molar-refractivity contribution in [3.8, 4) is 0 Å². The summed E-state index contributed by atoms with van der Waals surface area (Å²) in [5.41, 5.74) is 0.411. The molecule has 2 rings (SSSR count). The molecule has 0 saturated carbocycles. The minimum absolute atomic E-state index is 0.411. The Morgan fingerprint density at radius 1 is 1.41 bits per heavy atom. The van der Waals surface area contributed by atoms with Crippen molar-refractivity contribution < 1.29 is 4.74 Å². The van der Waals surface area contributed by atoms with Gasteiger partial charge in [-0.2, -0.15) is 0 Å². The summed E-state index contributed by atoms with van der Waals surface area (Å²) in [5.74, 6) is 0. The SMILES string of the molecule is CCCCC(CC)N1CCCC12COC(C)C2. The van der Waals surface area contributed by atoms with Gasteiger partial charge in [0.2, 0.25) is 0 Å². The van der Waals surface area contributed by atoms with Crippen molar-refractivity contribution >= 4 is 0 Å². The Morgan fingerprint density at radius 2 is 2.24 bits per heavy atom. The summed E-state index contributed by atoms with van der Waals surface area (Å²) in [6, 6.07) is 0.798. The van der Waals surface area contributed by atoms with E-state index in [4.69, 9.17) is 4.74 Å². The quantitative estimate of drug-likeness (QED) is 0.727. The number of likely N-dealkylation sites (tertiary alicyclic amines) is 1. The zero-order valence-corrected chi connectivity index (χ0v) is 11.9. The molecule has 0 amide bonds. The second-order valence-electron chi connectivity index (χ2n) is 6.05. The van der Waals surface area contributed by atoms with Gasteiger partial charge in [-0.1, -0.05) is 26.7 Å². The highest BCUT2D eigenvalue weighted by Gasteiger charge is 2.48. The average Bonchev–Trinajstić information content (AvgIpc) is 2.89. The minimum Gasteiger partial charge on any atom is -0.377 e. The van der Waals surface area contributed by atoms with Gasteiger partial charge in [0.15, 0.2) is 0 Å². The van der Waals surface area contributed by atoms with Gasteiger partial charge in [0, 0.05) is 11.6 Å². The van der Waals surface area contributed by atoms with Crippen molar-refractivity contribution in [2.45, 2.75) is 83.4 Å². The number of hydrogen-bond acceptors (Lipinski definition) is 2. The molecule has 3 atom stereocenters. The third kappa shape index (κ3) is 2.68. The lowest BCUT2D eigenvalue weighted by Gasteiger charge is -2.40. The van der Waals surface area contributed by atoms with E-state index in [1.165, 1.54) is 51.5 Å². The molecule has 2 aliphatic heterocycles. The number of ether oxygens (including phenoxy) is 1. The minimum atomic E-state index is 0.411.